The third-order valence-corrected chi connectivity index (χ3v) is 5.34. The molecule has 164 valence electrons. The molecule has 0 spiro atoms. The average Bonchev–Trinajstić information content (AvgIpc) is 3.15. The SMILES string of the molecule is CCN(C)C=Nc1cc(C)c(Oc2nc(Cc3cccc(C(F)(F)F)c3)ns2)cc1Cl. The number of benzene rings is 2. The molecule has 3 rings (SSSR count). The van der Waals surface area contributed by atoms with Crippen molar-refractivity contribution in [1.29, 1.82) is 0 Å². The van der Waals surface area contributed by atoms with Gasteiger partial charge < -0.3 is 9.64 Å². The Balaban J connectivity index is 1.73. The Kier molecular flexibility index (Phi) is 7.17. The van der Waals surface area contributed by atoms with Crippen LogP contribution in [0.15, 0.2) is 41.4 Å². The third kappa shape index (κ3) is 6.18. The molecule has 0 saturated carbocycles. The Hall–Kier alpha value is -2.65. The van der Waals surface area contributed by atoms with E-state index in [0.29, 0.717) is 27.8 Å². The van der Waals surface area contributed by atoms with Crippen molar-refractivity contribution >= 4 is 35.2 Å². The van der Waals surface area contributed by atoms with Gasteiger partial charge in [0, 0.05) is 37.6 Å². The second-order valence-electron chi connectivity index (χ2n) is 6.84. The third-order valence-electron chi connectivity index (χ3n) is 4.40. The maximum absolute atomic E-state index is 12.9. The fraction of sp³-hybridized carbons (Fsp3) is 0.286. The van der Waals surface area contributed by atoms with Crippen molar-refractivity contribution in [3.05, 3.63) is 63.9 Å². The molecule has 0 atom stereocenters. The summed E-state index contributed by atoms with van der Waals surface area (Å²) in [6.07, 6.45) is -2.52. The van der Waals surface area contributed by atoms with Gasteiger partial charge in [0.2, 0.25) is 0 Å². The van der Waals surface area contributed by atoms with E-state index >= 15 is 0 Å². The van der Waals surface area contributed by atoms with Gasteiger partial charge in [0.25, 0.3) is 5.19 Å². The Labute approximate surface area is 187 Å². The van der Waals surface area contributed by atoms with Crippen LogP contribution in [-0.2, 0) is 12.6 Å². The molecule has 1 heterocycles. The Morgan fingerprint density at radius 1 is 1.26 bits per heavy atom. The fourth-order valence-electron chi connectivity index (χ4n) is 2.58. The summed E-state index contributed by atoms with van der Waals surface area (Å²) in [4.78, 5) is 10.6. The second-order valence-corrected chi connectivity index (χ2v) is 7.96. The smallest absolute Gasteiger partial charge is 0.416 e. The number of ether oxygens (including phenoxy) is 1. The lowest BCUT2D eigenvalue weighted by Crippen LogP contribution is -2.14. The topological polar surface area (TPSA) is 50.6 Å². The van der Waals surface area contributed by atoms with E-state index in [-0.39, 0.29) is 11.6 Å². The molecule has 5 nitrogen and oxygen atoms in total. The van der Waals surface area contributed by atoms with Crippen LogP contribution in [0.5, 0.6) is 10.9 Å². The number of nitrogens with zero attached hydrogens (tertiary/aromatic N) is 4. The summed E-state index contributed by atoms with van der Waals surface area (Å²) in [5.74, 6) is 0.890. The van der Waals surface area contributed by atoms with E-state index in [1.807, 2.05) is 31.9 Å². The summed E-state index contributed by atoms with van der Waals surface area (Å²) in [7, 11) is 1.91. The minimum atomic E-state index is -4.39. The van der Waals surface area contributed by atoms with Gasteiger partial charge in [0.05, 0.1) is 22.6 Å². The summed E-state index contributed by atoms with van der Waals surface area (Å²) in [6.45, 7) is 4.69. The summed E-state index contributed by atoms with van der Waals surface area (Å²) in [6, 6.07) is 8.57. The van der Waals surface area contributed by atoms with E-state index < -0.39 is 11.7 Å². The number of hydrogen-bond acceptors (Lipinski definition) is 5. The molecule has 3 aromatic rings. The van der Waals surface area contributed by atoms with E-state index in [0.717, 1.165) is 35.8 Å². The van der Waals surface area contributed by atoms with Gasteiger partial charge in [0.1, 0.15) is 5.75 Å². The van der Waals surface area contributed by atoms with Crippen molar-refractivity contribution in [3.8, 4) is 10.9 Å². The first kappa shape index (κ1) is 23.0. The van der Waals surface area contributed by atoms with Crippen molar-refractivity contribution in [1.82, 2.24) is 14.3 Å². The molecular formula is C21H20ClF3N4OS. The van der Waals surface area contributed by atoms with Gasteiger partial charge in [0.15, 0.2) is 5.82 Å². The number of halogens is 4. The van der Waals surface area contributed by atoms with Crippen LogP contribution in [0.1, 0.15) is 29.4 Å². The first-order chi connectivity index (χ1) is 14.7. The minimum Gasteiger partial charge on any atom is -0.430 e. The zero-order valence-corrected chi connectivity index (χ0v) is 18.6. The number of aromatic nitrogens is 2. The van der Waals surface area contributed by atoms with Gasteiger partial charge in [-0.3, -0.25) is 0 Å². The predicted octanol–water partition coefficient (Wildman–Crippen LogP) is 6.51. The molecule has 0 aliphatic carbocycles. The molecule has 0 unspecified atom stereocenters. The van der Waals surface area contributed by atoms with Crippen molar-refractivity contribution < 1.29 is 17.9 Å². The number of alkyl halides is 3. The van der Waals surface area contributed by atoms with Gasteiger partial charge in [-0.15, -0.1) is 0 Å². The highest BCUT2D eigenvalue weighted by molar-refractivity contribution is 7.07. The summed E-state index contributed by atoms with van der Waals surface area (Å²) in [5.41, 5.74) is 1.20. The lowest BCUT2D eigenvalue weighted by Gasteiger charge is -2.10. The van der Waals surface area contributed by atoms with Crippen LogP contribution in [0.3, 0.4) is 0 Å². The standard InChI is InChI=1S/C21H20ClF3N4OS/c1-4-29(3)12-26-17-8-13(2)18(11-16(17)22)30-20-27-19(28-31-20)10-14-6-5-7-15(9-14)21(23,24)25/h5-9,11-12H,4,10H2,1-3H3. The van der Waals surface area contributed by atoms with Gasteiger partial charge in [-0.1, -0.05) is 29.8 Å². The van der Waals surface area contributed by atoms with Gasteiger partial charge in [-0.2, -0.15) is 22.5 Å². The number of aliphatic imine (C=N–C) groups is 1. The fourth-order valence-corrected chi connectivity index (χ4v) is 3.35. The first-order valence-electron chi connectivity index (χ1n) is 9.37. The molecular weight excluding hydrogens is 449 g/mol. The van der Waals surface area contributed by atoms with Crippen LogP contribution in [0.25, 0.3) is 0 Å². The van der Waals surface area contributed by atoms with E-state index in [9.17, 15) is 13.2 Å². The molecule has 0 N–H and O–H groups in total. The van der Waals surface area contributed by atoms with E-state index in [4.69, 9.17) is 16.3 Å². The molecule has 0 amide bonds. The predicted molar refractivity (Wildman–Crippen MR) is 117 cm³/mol. The first-order valence-corrected chi connectivity index (χ1v) is 10.5. The molecule has 0 aliphatic heterocycles. The van der Waals surface area contributed by atoms with E-state index in [2.05, 4.69) is 14.3 Å². The molecule has 0 radical (unpaired) electrons. The lowest BCUT2D eigenvalue weighted by molar-refractivity contribution is -0.137. The maximum Gasteiger partial charge on any atom is 0.416 e. The monoisotopic (exact) mass is 468 g/mol. The Bertz CT molecular complexity index is 1080. The number of rotatable bonds is 7. The van der Waals surface area contributed by atoms with Crippen LogP contribution < -0.4 is 4.74 Å². The summed E-state index contributed by atoms with van der Waals surface area (Å²) in [5, 5.41) is 0.707. The van der Waals surface area contributed by atoms with Crippen LogP contribution >= 0.6 is 23.1 Å². The van der Waals surface area contributed by atoms with Crippen LogP contribution in [-0.4, -0.2) is 34.2 Å². The van der Waals surface area contributed by atoms with Crippen molar-refractivity contribution in [3.63, 3.8) is 0 Å². The average molecular weight is 469 g/mol. The van der Waals surface area contributed by atoms with Gasteiger partial charge >= 0.3 is 6.18 Å². The zero-order chi connectivity index (χ0) is 22.6. The molecule has 10 heteroatoms. The number of hydrogen-bond donors (Lipinski definition) is 0. The second kappa shape index (κ2) is 9.65. The van der Waals surface area contributed by atoms with Crippen LogP contribution in [0.4, 0.5) is 18.9 Å². The van der Waals surface area contributed by atoms with Gasteiger partial charge in [-0.05, 0) is 37.1 Å². The Morgan fingerprint density at radius 2 is 2.03 bits per heavy atom. The van der Waals surface area contributed by atoms with Crippen molar-refractivity contribution in [2.45, 2.75) is 26.4 Å². The van der Waals surface area contributed by atoms with Crippen molar-refractivity contribution in [2.75, 3.05) is 13.6 Å². The Morgan fingerprint density at radius 3 is 2.74 bits per heavy atom. The summed E-state index contributed by atoms with van der Waals surface area (Å²) < 4.78 is 48.7. The normalized spacial score (nSPS) is 11.8. The number of aryl methyl sites for hydroxylation is 1. The highest BCUT2D eigenvalue weighted by Gasteiger charge is 2.30. The molecule has 0 saturated heterocycles. The van der Waals surface area contributed by atoms with E-state index in [1.165, 1.54) is 6.07 Å². The lowest BCUT2D eigenvalue weighted by atomic mass is 10.1. The highest BCUT2D eigenvalue weighted by Crippen LogP contribution is 2.35. The molecule has 31 heavy (non-hydrogen) atoms. The highest BCUT2D eigenvalue weighted by atomic mass is 35.5. The minimum absolute atomic E-state index is 0.169. The molecule has 1 aromatic heterocycles. The summed E-state index contributed by atoms with van der Waals surface area (Å²) >= 11 is 7.35. The largest absolute Gasteiger partial charge is 0.430 e. The maximum atomic E-state index is 12.9. The van der Waals surface area contributed by atoms with E-state index in [1.54, 1.807) is 18.5 Å². The molecule has 2 aromatic carbocycles. The van der Waals surface area contributed by atoms with Crippen molar-refractivity contribution in [2.24, 2.45) is 4.99 Å². The van der Waals surface area contributed by atoms with Gasteiger partial charge in [-0.25, -0.2) is 4.99 Å². The molecule has 0 fully saturated rings. The molecule has 0 bridgehead atoms. The molecule has 0 aliphatic rings. The van der Waals surface area contributed by atoms with Crippen LogP contribution in [0, 0.1) is 6.92 Å². The van der Waals surface area contributed by atoms with Crippen LogP contribution in [0.2, 0.25) is 5.02 Å². The zero-order valence-electron chi connectivity index (χ0n) is 17.1. The quantitative estimate of drug-likeness (QED) is 0.293.